The number of aliphatic hydroxyl groups is 1. The van der Waals surface area contributed by atoms with Gasteiger partial charge < -0.3 is 15.8 Å². The van der Waals surface area contributed by atoms with E-state index >= 15 is 0 Å². The molecule has 0 aliphatic carbocycles. The summed E-state index contributed by atoms with van der Waals surface area (Å²) in [7, 11) is 0. The van der Waals surface area contributed by atoms with E-state index in [1.807, 2.05) is 0 Å². The molecule has 0 saturated carbocycles. The van der Waals surface area contributed by atoms with Crippen molar-refractivity contribution in [2.45, 2.75) is 6.04 Å². The van der Waals surface area contributed by atoms with Crippen LogP contribution in [0.3, 0.4) is 0 Å². The summed E-state index contributed by atoms with van der Waals surface area (Å²) in [6.45, 7) is -0.0857. The molecule has 0 spiro atoms. The van der Waals surface area contributed by atoms with E-state index in [1.165, 1.54) is 0 Å². The highest BCUT2D eigenvalue weighted by Crippen LogP contribution is 2.18. The molecule has 1 heterocycles. The highest BCUT2D eigenvalue weighted by molar-refractivity contribution is 6.30. The summed E-state index contributed by atoms with van der Waals surface area (Å²) in [4.78, 5) is 2.76. The number of H-pyrrole nitrogens is 1. The number of hydrogen-bond acceptors (Lipinski definition) is 2. The third kappa shape index (κ3) is 1.31. The normalized spacial score (nSPS) is 13.5. The molecule has 56 valence electrons. The molecule has 4 heteroatoms. The third-order valence-electron chi connectivity index (χ3n) is 1.32. The van der Waals surface area contributed by atoms with Gasteiger partial charge in [0.15, 0.2) is 0 Å². The summed E-state index contributed by atoms with van der Waals surface area (Å²) in [5.74, 6) is 0. The maximum atomic E-state index is 8.63. The zero-order valence-corrected chi connectivity index (χ0v) is 6.10. The van der Waals surface area contributed by atoms with Crippen molar-refractivity contribution in [3.05, 3.63) is 23.0 Å². The lowest BCUT2D eigenvalue weighted by Crippen LogP contribution is -2.13. The molecule has 0 unspecified atom stereocenters. The van der Waals surface area contributed by atoms with Crippen molar-refractivity contribution in [3.8, 4) is 0 Å². The third-order valence-corrected chi connectivity index (χ3v) is 1.65. The first-order valence-electron chi connectivity index (χ1n) is 2.95. The summed E-state index contributed by atoms with van der Waals surface area (Å²) in [5.41, 5.74) is 6.24. The summed E-state index contributed by atoms with van der Waals surface area (Å²) in [6.07, 6.45) is 1.69. The summed E-state index contributed by atoms with van der Waals surface area (Å²) >= 11 is 5.67. The van der Waals surface area contributed by atoms with E-state index in [0.717, 1.165) is 5.56 Å². The van der Waals surface area contributed by atoms with Crippen LogP contribution in [-0.2, 0) is 0 Å². The van der Waals surface area contributed by atoms with Crippen molar-refractivity contribution in [1.29, 1.82) is 0 Å². The van der Waals surface area contributed by atoms with Crippen LogP contribution >= 0.6 is 11.6 Å². The van der Waals surface area contributed by atoms with Crippen LogP contribution < -0.4 is 5.73 Å². The van der Waals surface area contributed by atoms with Gasteiger partial charge in [-0.2, -0.15) is 0 Å². The zero-order valence-electron chi connectivity index (χ0n) is 5.34. The smallest absolute Gasteiger partial charge is 0.111 e. The van der Waals surface area contributed by atoms with Crippen molar-refractivity contribution in [2.24, 2.45) is 5.73 Å². The van der Waals surface area contributed by atoms with Gasteiger partial charge in [0.1, 0.15) is 5.15 Å². The quantitative estimate of drug-likeness (QED) is 0.595. The van der Waals surface area contributed by atoms with Gasteiger partial charge in [0.2, 0.25) is 0 Å². The molecule has 0 saturated heterocycles. The molecule has 0 aromatic carbocycles. The molecule has 1 aromatic rings. The minimum Gasteiger partial charge on any atom is -0.394 e. The van der Waals surface area contributed by atoms with Crippen molar-refractivity contribution in [2.75, 3.05) is 6.61 Å². The van der Waals surface area contributed by atoms with E-state index in [4.69, 9.17) is 22.4 Å². The van der Waals surface area contributed by atoms with Gasteiger partial charge in [0, 0.05) is 11.8 Å². The second-order valence-corrected chi connectivity index (χ2v) is 2.41. The second kappa shape index (κ2) is 3.05. The van der Waals surface area contributed by atoms with Crippen LogP contribution in [0.1, 0.15) is 11.6 Å². The highest BCUT2D eigenvalue weighted by atomic mass is 35.5. The Balaban J connectivity index is 2.82. The Labute approximate surface area is 63.8 Å². The molecular formula is C6H9ClN2O. The molecular weight excluding hydrogens is 152 g/mol. The number of halogens is 1. The van der Waals surface area contributed by atoms with Gasteiger partial charge in [-0.3, -0.25) is 0 Å². The van der Waals surface area contributed by atoms with Gasteiger partial charge >= 0.3 is 0 Å². The number of aromatic nitrogens is 1. The predicted octanol–water partition coefficient (Wildman–Crippen LogP) is 0.660. The van der Waals surface area contributed by atoms with Crippen LogP contribution in [0.2, 0.25) is 5.15 Å². The van der Waals surface area contributed by atoms with Crippen molar-refractivity contribution in [3.63, 3.8) is 0 Å². The van der Waals surface area contributed by atoms with Gasteiger partial charge in [-0.25, -0.2) is 0 Å². The molecule has 1 aromatic heterocycles. The van der Waals surface area contributed by atoms with Gasteiger partial charge in [0.05, 0.1) is 12.6 Å². The predicted molar refractivity (Wildman–Crippen MR) is 39.8 cm³/mol. The standard InChI is InChI=1S/C6H9ClN2O/c7-6-4(1-2-9-6)5(8)3-10/h1-2,5,9-10H,3,8H2/t5-/m1/s1. The Morgan fingerprint density at radius 3 is 2.90 bits per heavy atom. The zero-order chi connectivity index (χ0) is 7.56. The number of hydrogen-bond donors (Lipinski definition) is 3. The summed E-state index contributed by atoms with van der Waals surface area (Å²) in [5, 5.41) is 9.13. The lowest BCUT2D eigenvalue weighted by molar-refractivity contribution is 0.268. The fraction of sp³-hybridized carbons (Fsp3) is 0.333. The maximum absolute atomic E-state index is 8.63. The van der Waals surface area contributed by atoms with Crippen LogP contribution in [-0.4, -0.2) is 16.7 Å². The first-order chi connectivity index (χ1) is 4.75. The van der Waals surface area contributed by atoms with Crippen LogP contribution in [0.25, 0.3) is 0 Å². The van der Waals surface area contributed by atoms with E-state index in [2.05, 4.69) is 4.98 Å². The largest absolute Gasteiger partial charge is 0.394 e. The van der Waals surface area contributed by atoms with Crippen molar-refractivity contribution < 1.29 is 5.11 Å². The highest BCUT2D eigenvalue weighted by Gasteiger charge is 2.08. The number of nitrogens with one attached hydrogen (secondary N) is 1. The first kappa shape index (κ1) is 7.60. The molecule has 0 amide bonds. The van der Waals surface area contributed by atoms with Crippen LogP contribution in [0.4, 0.5) is 0 Å². The Kier molecular flexibility index (Phi) is 2.32. The van der Waals surface area contributed by atoms with Crippen molar-refractivity contribution >= 4 is 11.6 Å². The molecule has 10 heavy (non-hydrogen) atoms. The van der Waals surface area contributed by atoms with Crippen LogP contribution in [0.5, 0.6) is 0 Å². The van der Waals surface area contributed by atoms with E-state index in [-0.39, 0.29) is 12.6 Å². The van der Waals surface area contributed by atoms with Gasteiger partial charge in [-0.1, -0.05) is 11.6 Å². The average molecular weight is 161 g/mol. The van der Waals surface area contributed by atoms with E-state index in [0.29, 0.717) is 5.15 Å². The van der Waals surface area contributed by atoms with Gasteiger partial charge in [0.25, 0.3) is 0 Å². The monoisotopic (exact) mass is 160 g/mol. The number of rotatable bonds is 2. The molecule has 0 aliphatic rings. The number of nitrogens with two attached hydrogens (primary N) is 1. The lowest BCUT2D eigenvalue weighted by atomic mass is 10.2. The second-order valence-electron chi connectivity index (χ2n) is 2.04. The minimum absolute atomic E-state index is 0.0857. The number of aliphatic hydroxyl groups excluding tert-OH is 1. The Morgan fingerprint density at radius 1 is 1.80 bits per heavy atom. The Morgan fingerprint density at radius 2 is 2.50 bits per heavy atom. The fourth-order valence-electron chi connectivity index (χ4n) is 0.746. The van der Waals surface area contributed by atoms with Crippen LogP contribution in [0, 0.1) is 0 Å². The summed E-state index contributed by atoms with van der Waals surface area (Å²) in [6, 6.07) is 1.38. The Bertz CT molecular complexity index is 211. The molecule has 1 rings (SSSR count). The van der Waals surface area contributed by atoms with E-state index in [9.17, 15) is 0 Å². The fourth-order valence-corrected chi connectivity index (χ4v) is 1.01. The van der Waals surface area contributed by atoms with E-state index in [1.54, 1.807) is 12.3 Å². The van der Waals surface area contributed by atoms with Crippen molar-refractivity contribution in [1.82, 2.24) is 4.98 Å². The molecule has 0 radical (unpaired) electrons. The minimum atomic E-state index is -0.376. The molecule has 3 nitrogen and oxygen atoms in total. The Hall–Kier alpha value is -0.510. The molecule has 4 N–H and O–H groups in total. The number of aromatic amines is 1. The lowest BCUT2D eigenvalue weighted by Gasteiger charge is -2.04. The first-order valence-corrected chi connectivity index (χ1v) is 3.32. The molecule has 0 bridgehead atoms. The average Bonchev–Trinajstić information content (AvgIpc) is 2.34. The topological polar surface area (TPSA) is 62.0 Å². The van der Waals surface area contributed by atoms with Crippen LogP contribution in [0.15, 0.2) is 12.3 Å². The maximum Gasteiger partial charge on any atom is 0.111 e. The molecule has 0 fully saturated rings. The molecule has 1 atom stereocenters. The summed E-state index contributed by atoms with van der Waals surface area (Å²) < 4.78 is 0. The van der Waals surface area contributed by atoms with E-state index < -0.39 is 0 Å². The van der Waals surface area contributed by atoms with Gasteiger partial charge in [-0.05, 0) is 6.07 Å². The SMILES string of the molecule is N[C@H](CO)c1cc[nH]c1Cl. The molecule has 0 aliphatic heterocycles. The van der Waals surface area contributed by atoms with Gasteiger partial charge in [-0.15, -0.1) is 0 Å².